The monoisotopic (exact) mass is 384 g/mol. The van der Waals surface area contributed by atoms with Gasteiger partial charge in [0.1, 0.15) is 5.60 Å². The van der Waals surface area contributed by atoms with Crippen LogP contribution in [0.1, 0.15) is 32.6 Å². The van der Waals surface area contributed by atoms with Crippen LogP contribution in [0.15, 0.2) is 84.9 Å². The van der Waals surface area contributed by atoms with Gasteiger partial charge >= 0.3 is 0 Å². The Balaban J connectivity index is 1.76. The van der Waals surface area contributed by atoms with Gasteiger partial charge < -0.3 is 5.11 Å². The highest BCUT2D eigenvalue weighted by Crippen LogP contribution is 2.43. The highest BCUT2D eigenvalue weighted by molar-refractivity contribution is 6.35. The van der Waals surface area contributed by atoms with Gasteiger partial charge in [-0.3, -0.25) is 4.79 Å². The first kappa shape index (κ1) is 17.2. The number of ketones is 1. The summed E-state index contributed by atoms with van der Waals surface area (Å²) in [7, 11) is 0. The third-order valence-electron chi connectivity index (χ3n) is 5.64. The second-order valence-corrected chi connectivity index (χ2v) is 7.62. The van der Waals surface area contributed by atoms with Crippen molar-refractivity contribution >= 4 is 28.2 Å². The first-order chi connectivity index (χ1) is 13.6. The van der Waals surface area contributed by atoms with Crippen LogP contribution in [0.5, 0.6) is 0 Å². The van der Waals surface area contributed by atoms with Crippen molar-refractivity contribution in [3.05, 3.63) is 118 Å². The van der Waals surface area contributed by atoms with Crippen molar-refractivity contribution in [1.82, 2.24) is 0 Å². The van der Waals surface area contributed by atoms with Gasteiger partial charge in [-0.1, -0.05) is 90.5 Å². The van der Waals surface area contributed by atoms with Crippen molar-refractivity contribution in [3.63, 3.8) is 0 Å². The van der Waals surface area contributed by atoms with Gasteiger partial charge in [-0.2, -0.15) is 0 Å². The molecular weight excluding hydrogens is 368 g/mol. The lowest BCUT2D eigenvalue weighted by molar-refractivity contribution is 0.0723. The van der Waals surface area contributed by atoms with Gasteiger partial charge in [-0.05, 0) is 28.1 Å². The molecule has 0 bridgehead atoms. The summed E-state index contributed by atoms with van der Waals surface area (Å²) in [6.45, 7) is 0. The third-order valence-corrected chi connectivity index (χ3v) is 5.97. The van der Waals surface area contributed by atoms with Gasteiger partial charge in [0.05, 0.1) is 0 Å². The molecule has 0 aromatic heterocycles. The fourth-order valence-corrected chi connectivity index (χ4v) is 4.55. The fourth-order valence-electron chi connectivity index (χ4n) is 4.32. The van der Waals surface area contributed by atoms with E-state index in [1.807, 2.05) is 72.8 Å². The van der Waals surface area contributed by atoms with E-state index in [-0.39, 0.29) is 5.78 Å². The van der Waals surface area contributed by atoms with E-state index in [2.05, 4.69) is 0 Å². The number of halogens is 1. The van der Waals surface area contributed by atoms with Crippen molar-refractivity contribution in [2.45, 2.75) is 12.0 Å². The molecular formula is C25H17ClO2. The van der Waals surface area contributed by atoms with Gasteiger partial charge in [0.2, 0.25) is 0 Å². The largest absolute Gasteiger partial charge is 0.380 e. The van der Waals surface area contributed by atoms with Crippen LogP contribution in [0.2, 0.25) is 5.02 Å². The fraction of sp³-hybridized carbons (Fsp3) is 0.0800. The van der Waals surface area contributed by atoms with Crippen LogP contribution in [0.3, 0.4) is 0 Å². The molecule has 0 unspecified atom stereocenters. The molecule has 1 N–H and O–H groups in total. The normalized spacial score (nSPS) is 14.6. The zero-order valence-corrected chi connectivity index (χ0v) is 15.8. The molecule has 28 heavy (non-hydrogen) atoms. The highest BCUT2D eigenvalue weighted by atomic mass is 35.5. The summed E-state index contributed by atoms with van der Waals surface area (Å²) in [5.74, 6) is -0.0446. The number of aliphatic hydroxyl groups is 1. The predicted octanol–water partition coefficient (Wildman–Crippen LogP) is 5.52. The Hall–Kier alpha value is -2.94. The number of hydrogen-bond acceptors (Lipinski definition) is 2. The number of rotatable bonds is 2. The summed E-state index contributed by atoms with van der Waals surface area (Å²) in [5, 5.41) is 14.6. The molecule has 0 saturated heterocycles. The highest BCUT2D eigenvalue weighted by Gasteiger charge is 2.42. The molecule has 1 aliphatic carbocycles. The topological polar surface area (TPSA) is 37.3 Å². The molecule has 2 nitrogen and oxygen atoms in total. The average Bonchev–Trinajstić information content (AvgIpc) is 2.75. The van der Waals surface area contributed by atoms with Crippen LogP contribution in [0.25, 0.3) is 10.8 Å². The first-order valence-electron chi connectivity index (χ1n) is 9.22. The molecule has 0 atom stereocenters. The van der Waals surface area contributed by atoms with Crippen LogP contribution in [-0.2, 0) is 12.0 Å². The van der Waals surface area contributed by atoms with E-state index >= 15 is 0 Å². The molecule has 0 amide bonds. The van der Waals surface area contributed by atoms with E-state index < -0.39 is 5.60 Å². The van der Waals surface area contributed by atoms with Crippen molar-refractivity contribution in [2.24, 2.45) is 0 Å². The molecule has 0 fully saturated rings. The predicted molar refractivity (Wildman–Crippen MR) is 112 cm³/mol. The maximum atomic E-state index is 13.0. The maximum Gasteiger partial charge on any atom is 0.193 e. The van der Waals surface area contributed by atoms with Crippen molar-refractivity contribution in [1.29, 1.82) is 0 Å². The Bertz CT molecular complexity index is 1190. The number of carbonyl (C=O) groups is 1. The summed E-state index contributed by atoms with van der Waals surface area (Å²) in [6, 6.07) is 26.4. The molecule has 4 aromatic rings. The standard InChI is InChI=1S/C25H17ClO2/c26-23-14-13-16(17-7-1-2-8-18(17)23)15-25(28)21-11-5-3-9-19(21)24(27)20-10-4-6-12-22(20)25/h1-14,28H,15H2. The minimum atomic E-state index is -1.29. The third kappa shape index (κ3) is 2.42. The quantitative estimate of drug-likeness (QED) is 0.494. The molecule has 1 aliphatic rings. The maximum absolute atomic E-state index is 13.0. The second kappa shape index (κ2) is 6.30. The van der Waals surface area contributed by atoms with Crippen LogP contribution in [0, 0.1) is 0 Å². The summed E-state index contributed by atoms with van der Waals surface area (Å²) in [5.41, 5.74) is 2.11. The van der Waals surface area contributed by atoms with Crippen LogP contribution in [0.4, 0.5) is 0 Å². The number of benzene rings is 4. The molecule has 5 rings (SSSR count). The van der Waals surface area contributed by atoms with Gasteiger partial charge in [-0.15, -0.1) is 0 Å². The summed E-state index contributed by atoms with van der Waals surface area (Å²) in [6.07, 6.45) is 0.353. The van der Waals surface area contributed by atoms with Crippen molar-refractivity contribution < 1.29 is 9.90 Å². The summed E-state index contributed by atoms with van der Waals surface area (Å²) in [4.78, 5) is 13.0. The summed E-state index contributed by atoms with van der Waals surface area (Å²) >= 11 is 6.38. The second-order valence-electron chi connectivity index (χ2n) is 7.21. The van der Waals surface area contributed by atoms with Crippen LogP contribution >= 0.6 is 11.6 Å². The Morgan fingerprint density at radius 1 is 0.714 bits per heavy atom. The Kier molecular flexibility index (Phi) is 3.87. The molecule has 4 aromatic carbocycles. The lowest BCUT2D eigenvalue weighted by Gasteiger charge is -2.36. The zero-order valence-electron chi connectivity index (χ0n) is 15.0. The first-order valence-corrected chi connectivity index (χ1v) is 9.59. The van der Waals surface area contributed by atoms with E-state index in [1.54, 1.807) is 12.1 Å². The van der Waals surface area contributed by atoms with E-state index in [0.29, 0.717) is 33.7 Å². The lowest BCUT2D eigenvalue weighted by Crippen LogP contribution is -2.37. The van der Waals surface area contributed by atoms with E-state index in [1.165, 1.54) is 0 Å². The molecule has 3 heteroatoms. The molecule has 136 valence electrons. The number of hydrogen-bond donors (Lipinski definition) is 1. The Labute approximate surface area is 168 Å². The van der Waals surface area contributed by atoms with Gasteiger partial charge in [0.15, 0.2) is 5.78 Å². The van der Waals surface area contributed by atoms with Crippen LogP contribution in [-0.4, -0.2) is 10.9 Å². The lowest BCUT2D eigenvalue weighted by atomic mass is 9.71. The molecule has 0 radical (unpaired) electrons. The molecule has 0 aliphatic heterocycles. The van der Waals surface area contributed by atoms with Gasteiger partial charge in [0.25, 0.3) is 0 Å². The van der Waals surface area contributed by atoms with Crippen molar-refractivity contribution in [3.8, 4) is 0 Å². The van der Waals surface area contributed by atoms with Gasteiger partial charge in [0, 0.05) is 28.0 Å². The molecule has 0 heterocycles. The van der Waals surface area contributed by atoms with Gasteiger partial charge in [-0.25, -0.2) is 0 Å². The average molecular weight is 385 g/mol. The Morgan fingerprint density at radius 2 is 1.25 bits per heavy atom. The van der Waals surface area contributed by atoms with E-state index in [9.17, 15) is 9.90 Å². The van der Waals surface area contributed by atoms with E-state index in [4.69, 9.17) is 11.6 Å². The minimum Gasteiger partial charge on any atom is -0.380 e. The number of fused-ring (bicyclic) bond motifs is 3. The summed E-state index contributed by atoms with van der Waals surface area (Å²) < 4.78 is 0. The SMILES string of the molecule is O=C1c2ccccc2C(O)(Cc2ccc(Cl)c3ccccc23)c2ccccc21. The Morgan fingerprint density at radius 3 is 1.89 bits per heavy atom. The number of carbonyl (C=O) groups excluding carboxylic acids is 1. The van der Waals surface area contributed by atoms with Crippen LogP contribution < -0.4 is 0 Å². The minimum absolute atomic E-state index is 0.0446. The molecule has 0 spiro atoms. The molecule has 0 saturated carbocycles. The van der Waals surface area contributed by atoms with Crippen molar-refractivity contribution in [2.75, 3.05) is 0 Å². The smallest absolute Gasteiger partial charge is 0.193 e. The van der Waals surface area contributed by atoms with E-state index in [0.717, 1.165) is 16.3 Å². The zero-order chi connectivity index (χ0) is 19.3.